The maximum Gasteiger partial charge on any atom is 0.330 e. The first-order chi connectivity index (χ1) is 9.15. The fourth-order valence-electron chi connectivity index (χ4n) is 1.55. The van der Waals surface area contributed by atoms with E-state index in [9.17, 15) is 9.59 Å². The molecule has 0 fully saturated rings. The highest BCUT2D eigenvalue weighted by molar-refractivity contribution is 5.85. The number of hydrogen-bond acceptors (Lipinski definition) is 3. The Morgan fingerprint density at radius 1 is 1.32 bits per heavy atom. The van der Waals surface area contributed by atoms with Crippen molar-refractivity contribution in [1.82, 2.24) is 5.32 Å². The fourth-order valence-corrected chi connectivity index (χ4v) is 1.55. The van der Waals surface area contributed by atoms with Crippen LogP contribution in [0.5, 0.6) is 0 Å². The fraction of sp³-hybridized carbons (Fsp3) is 0.429. The first kappa shape index (κ1) is 15.2. The van der Waals surface area contributed by atoms with Crippen molar-refractivity contribution in [1.29, 1.82) is 0 Å². The third-order valence-electron chi connectivity index (χ3n) is 2.56. The van der Waals surface area contributed by atoms with Crippen LogP contribution < -0.4 is 5.32 Å². The van der Waals surface area contributed by atoms with Gasteiger partial charge in [-0.15, -0.1) is 0 Å². The number of benzene rings is 1. The highest BCUT2D eigenvalue weighted by Gasteiger charge is 2.21. The second-order valence-electron chi connectivity index (χ2n) is 4.16. The Hall–Kier alpha value is -1.88. The summed E-state index contributed by atoms with van der Waals surface area (Å²) in [6.07, 6.45) is 1.87. The molecule has 0 aliphatic rings. The van der Waals surface area contributed by atoms with Crippen LogP contribution in [0.1, 0.15) is 31.4 Å². The van der Waals surface area contributed by atoms with Crippen LogP contribution in [0, 0.1) is 0 Å². The van der Waals surface area contributed by atoms with Crippen molar-refractivity contribution in [3.05, 3.63) is 35.9 Å². The standard InChI is InChI=1S/C14H19NO4/c1-2-3-9-19-10-12(16)15-13(14(17)18)11-7-5-4-6-8-11/h4-8,13H,2-3,9-10H2,1H3,(H,15,16)(H,17,18)/t13-/m0/s1. The van der Waals surface area contributed by atoms with Crippen molar-refractivity contribution in [2.24, 2.45) is 0 Å². The van der Waals surface area contributed by atoms with Crippen LogP contribution >= 0.6 is 0 Å². The third kappa shape index (κ3) is 5.52. The number of carboxylic acid groups (broad SMARTS) is 1. The number of ether oxygens (including phenoxy) is 1. The van der Waals surface area contributed by atoms with Crippen molar-refractivity contribution in [2.75, 3.05) is 13.2 Å². The molecule has 0 bridgehead atoms. The van der Waals surface area contributed by atoms with Gasteiger partial charge >= 0.3 is 5.97 Å². The molecule has 0 unspecified atom stereocenters. The van der Waals surface area contributed by atoms with Crippen LogP contribution in [0.4, 0.5) is 0 Å². The molecule has 1 atom stereocenters. The van der Waals surface area contributed by atoms with Gasteiger partial charge in [-0.25, -0.2) is 4.79 Å². The van der Waals surface area contributed by atoms with Crippen molar-refractivity contribution in [3.63, 3.8) is 0 Å². The van der Waals surface area contributed by atoms with Gasteiger partial charge in [-0.05, 0) is 12.0 Å². The molecule has 1 rings (SSSR count). The molecule has 1 aromatic rings. The zero-order valence-electron chi connectivity index (χ0n) is 11.0. The van der Waals surface area contributed by atoms with Gasteiger partial charge in [-0.2, -0.15) is 0 Å². The van der Waals surface area contributed by atoms with E-state index in [1.165, 1.54) is 0 Å². The average Bonchev–Trinajstić information content (AvgIpc) is 2.41. The predicted octanol–water partition coefficient (Wildman–Crippen LogP) is 1.75. The zero-order chi connectivity index (χ0) is 14.1. The molecule has 0 spiro atoms. The summed E-state index contributed by atoms with van der Waals surface area (Å²) in [4.78, 5) is 22.8. The molecule has 0 aliphatic heterocycles. The molecule has 0 saturated carbocycles. The molecule has 0 aromatic heterocycles. The lowest BCUT2D eigenvalue weighted by molar-refractivity contribution is -0.142. The number of carbonyl (C=O) groups is 2. The van der Waals surface area contributed by atoms with Crippen molar-refractivity contribution >= 4 is 11.9 Å². The average molecular weight is 265 g/mol. The van der Waals surface area contributed by atoms with Gasteiger partial charge in [0, 0.05) is 6.61 Å². The summed E-state index contributed by atoms with van der Waals surface area (Å²) in [5, 5.41) is 11.6. The van der Waals surface area contributed by atoms with E-state index in [-0.39, 0.29) is 6.61 Å². The van der Waals surface area contributed by atoms with Crippen LogP contribution in [0.25, 0.3) is 0 Å². The topological polar surface area (TPSA) is 75.6 Å². The lowest BCUT2D eigenvalue weighted by atomic mass is 10.1. The first-order valence-corrected chi connectivity index (χ1v) is 6.30. The maximum atomic E-state index is 11.6. The first-order valence-electron chi connectivity index (χ1n) is 6.30. The normalized spacial score (nSPS) is 11.8. The molecule has 19 heavy (non-hydrogen) atoms. The van der Waals surface area contributed by atoms with Gasteiger partial charge in [0.05, 0.1) is 0 Å². The van der Waals surface area contributed by atoms with Gasteiger partial charge < -0.3 is 15.2 Å². The molecule has 1 amide bonds. The largest absolute Gasteiger partial charge is 0.479 e. The Balaban J connectivity index is 2.51. The van der Waals surface area contributed by atoms with Gasteiger partial charge in [-0.1, -0.05) is 43.7 Å². The number of aliphatic carboxylic acids is 1. The van der Waals surface area contributed by atoms with E-state index in [1.54, 1.807) is 30.3 Å². The maximum absolute atomic E-state index is 11.6. The molecular weight excluding hydrogens is 246 g/mol. The summed E-state index contributed by atoms with van der Waals surface area (Å²) in [5.41, 5.74) is 0.539. The molecule has 0 radical (unpaired) electrons. The van der Waals surface area contributed by atoms with E-state index in [0.717, 1.165) is 12.8 Å². The highest BCUT2D eigenvalue weighted by Crippen LogP contribution is 2.12. The summed E-state index contributed by atoms with van der Waals surface area (Å²) in [5.74, 6) is -1.51. The summed E-state index contributed by atoms with van der Waals surface area (Å²) in [7, 11) is 0. The molecule has 2 N–H and O–H groups in total. The summed E-state index contributed by atoms with van der Waals surface area (Å²) in [6, 6.07) is 7.54. The van der Waals surface area contributed by atoms with Crippen molar-refractivity contribution < 1.29 is 19.4 Å². The minimum atomic E-state index is -1.09. The SMILES string of the molecule is CCCCOCC(=O)N[C@H](C(=O)O)c1ccccc1. The van der Waals surface area contributed by atoms with Gasteiger partial charge in [0.25, 0.3) is 0 Å². The molecule has 5 nitrogen and oxygen atoms in total. The van der Waals surface area contributed by atoms with E-state index in [0.29, 0.717) is 12.2 Å². The number of carboxylic acids is 1. The smallest absolute Gasteiger partial charge is 0.330 e. The monoisotopic (exact) mass is 265 g/mol. The minimum Gasteiger partial charge on any atom is -0.479 e. The number of nitrogens with one attached hydrogen (secondary N) is 1. The molecular formula is C14H19NO4. The van der Waals surface area contributed by atoms with Gasteiger partial charge in [0.1, 0.15) is 6.61 Å². The number of carbonyl (C=O) groups excluding carboxylic acids is 1. The Morgan fingerprint density at radius 3 is 2.58 bits per heavy atom. The van der Waals surface area contributed by atoms with Crippen LogP contribution in [0.3, 0.4) is 0 Å². The summed E-state index contributed by atoms with van der Waals surface area (Å²) >= 11 is 0. The molecule has 0 saturated heterocycles. The Morgan fingerprint density at radius 2 is 2.00 bits per heavy atom. The van der Waals surface area contributed by atoms with E-state index < -0.39 is 17.9 Å². The van der Waals surface area contributed by atoms with E-state index in [2.05, 4.69) is 5.32 Å². The lowest BCUT2D eigenvalue weighted by Gasteiger charge is -2.14. The lowest BCUT2D eigenvalue weighted by Crippen LogP contribution is -2.36. The Labute approximate surface area is 112 Å². The molecule has 0 aliphatic carbocycles. The quantitative estimate of drug-likeness (QED) is 0.702. The van der Waals surface area contributed by atoms with Crippen LogP contribution in [-0.4, -0.2) is 30.2 Å². The van der Waals surface area contributed by atoms with Gasteiger partial charge in [-0.3, -0.25) is 4.79 Å². The number of amides is 1. The third-order valence-corrected chi connectivity index (χ3v) is 2.56. The summed E-state index contributed by atoms with van der Waals surface area (Å²) in [6.45, 7) is 2.42. The zero-order valence-corrected chi connectivity index (χ0v) is 11.0. The van der Waals surface area contributed by atoms with Gasteiger partial charge in [0.15, 0.2) is 6.04 Å². The molecule has 1 aromatic carbocycles. The predicted molar refractivity (Wildman–Crippen MR) is 70.7 cm³/mol. The van der Waals surface area contributed by atoms with Crippen LogP contribution in [0.2, 0.25) is 0 Å². The molecule has 5 heteroatoms. The number of rotatable bonds is 8. The van der Waals surface area contributed by atoms with Gasteiger partial charge in [0.2, 0.25) is 5.91 Å². The summed E-state index contributed by atoms with van der Waals surface area (Å²) < 4.78 is 5.15. The van der Waals surface area contributed by atoms with Crippen LogP contribution in [0.15, 0.2) is 30.3 Å². The molecule has 104 valence electrons. The Kier molecular flexibility index (Phi) is 6.60. The second kappa shape index (κ2) is 8.26. The van der Waals surface area contributed by atoms with Crippen molar-refractivity contribution in [3.8, 4) is 0 Å². The number of hydrogen-bond donors (Lipinski definition) is 2. The second-order valence-corrected chi connectivity index (χ2v) is 4.16. The van der Waals surface area contributed by atoms with Crippen molar-refractivity contribution in [2.45, 2.75) is 25.8 Å². The Bertz CT molecular complexity index is 405. The minimum absolute atomic E-state index is 0.114. The van der Waals surface area contributed by atoms with E-state index in [1.807, 2.05) is 6.92 Å². The van der Waals surface area contributed by atoms with Crippen LogP contribution in [-0.2, 0) is 14.3 Å². The number of unbranched alkanes of at least 4 members (excludes halogenated alkanes) is 1. The molecule has 0 heterocycles. The highest BCUT2D eigenvalue weighted by atomic mass is 16.5. The van der Waals surface area contributed by atoms with E-state index >= 15 is 0 Å². The van der Waals surface area contributed by atoms with E-state index in [4.69, 9.17) is 9.84 Å².